The van der Waals surface area contributed by atoms with E-state index in [2.05, 4.69) is 75.2 Å². The molecule has 2 fully saturated rings. The number of imidazole rings is 1. The highest BCUT2D eigenvalue weighted by Crippen LogP contribution is 2.43. The third-order valence-corrected chi connectivity index (χ3v) is 8.72. The summed E-state index contributed by atoms with van der Waals surface area (Å²) in [6.07, 6.45) is 8.46. The Balaban J connectivity index is 1.02. The summed E-state index contributed by atoms with van der Waals surface area (Å²) in [7, 11) is 0. The number of piperidine rings is 2. The second kappa shape index (κ2) is 11.5. The number of anilines is 1. The average Bonchev–Trinajstić information content (AvgIpc) is 3.39. The van der Waals surface area contributed by atoms with Crippen molar-refractivity contribution >= 4 is 17.4 Å². The molecule has 1 aromatic heterocycles. The fraction of sp³-hybridized carbons (Fsp3) is 0.483. The van der Waals surface area contributed by atoms with E-state index in [1.807, 2.05) is 24.0 Å². The number of H-pyrrole nitrogens is 1. The summed E-state index contributed by atoms with van der Waals surface area (Å²) in [6.45, 7) is 8.78. The van der Waals surface area contributed by atoms with Gasteiger partial charge in [0.1, 0.15) is 5.75 Å². The molecule has 0 amide bonds. The van der Waals surface area contributed by atoms with Crippen LogP contribution in [0.15, 0.2) is 66.0 Å². The first kappa shape index (κ1) is 24.3. The maximum Gasteiger partial charge on any atom is 0.165 e. The first-order valence-corrected chi connectivity index (χ1v) is 14.2. The summed E-state index contributed by atoms with van der Waals surface area (Å²) in [5.41, 5.74) is 4.11. The highest BCUT2D eigenvalue weighted by molar-refractivity contribution is 7.99. The number of nitrogens with one attached hydrogen (secondary N) is 1. The van der Waals surface area contributed by atoms with Gasteiger partial charge in [0, 0.05) is 18.8 Å². The van der Waals surface area contributed by atoms with Crippen LogP contribution in [0.3, 0.4) is 0 Å². The van der Waals surface area contributed by atoms with Gasteiger partial charge in [-0.25, -0.2) is 4.98 Å². The third kappa shape index (κ3) is 6.04. The van der Waals surface area contributed by atoms with Crippen LogP contribution in [0.25, 0.3) is 11.3 Å². The molecule has 5 rings (SSSR count). The van der Waals surface area contributed by atoms with E-state index in [1.165, 1.54) is 63.0 Å². The van der Waals surface area contributed by atoms with Gasteiger partial charge >= 0.3 is 0 Å². The molecule has 6 heteroatoms. The molecule has 2 aromatic carbocycles. The molecule has 0 radical (unpaired) electrons. The lowest BCUT2D eigenvalue weighted by Gasteiger charge is -2.47. The maximum atomic E-state index is 5.88. The zero-order valence-electron chi connectivity index (χ0n) is 20.9. The predicted octanol–water partition coefficient (Wildman–Crippen LogP) is 6.34. The number of rotatable bonds is 9. The fourth-order valence-electron chi connectivity index (χ4n) is 5.57. The van der Waals surface area contributed by atoms with Gasteiger partial charge in [0.05, 0.1) is 24.2 Å². The molecule has 0 atom stereocenters. The molecule has 1 spiro atoms. The van der Waals surface area contributed by atoms with E-state index in [4.69, 9.17) is 4.74 Å². The summed E-state index contributed by atoms with van der Waals surface area (Å²) < 4.78 is 5.88. The van der Waals surface area contributed by atoms with Crippen LogP contribution in [0.2, 0.25) is 0 Å². The van der Waals surface area contributed by atoms with E-state index < -0.39 is 0 Å². The maximum absolute atomic E-state index is 5.88. The third-order valence-electron chi connectivity index (χ3n) is 7.74. The second-order valence-corrected chi connectivity index (χ2v) is 11.0. The van der Waals surface area contributed by atoms with Crippen LogP contribution in [-0.4, -0.2) is 60.0 Å². The first-order chi connectivity index (χ1) is 17.2. The van der Waals surface area contributed by atoms with Crippen molar-refractivity contribution in [2.24, 2.45) is 5.41 Å². The first-order valence-electron chi connectivity index (χ1n) is 13.2. The van der Waals surface area contributed by atoms with E-state index in [9.17, 15) is 0 Å². The molecule has 35 heavy (non-hydrogen) atoms. The summed E-state index contributed by atoms with van der Waals surface area (Å²) in [6, 6.07) is 18.9. The largest absolute Gasteiger partial charge is 0.492 e. The van der Waals surface area contributed by atoms with Crippen molar-refractivity contribution in [1.82, 2.24) is 14.9 Å². The van der Waals surface area contributed by atoms with E-state index in [0.717, 1.165) is 42.0 Å². The van der Waals surface area contributed by atoms with Crippen LogP contribution in [-0.2, 0) is 0 Å². The van der Waals surface area contributed by atoms with Gasteiger partial charge in [-0.15, -0.1) is 0 Å². The number of thioether (sulfide) groups is 1. The summed E-state index contributed by atoms with van der Waals surface area (Å²) >= 11 is 1.84. The predicted molar refractivity (Wildman–Crippen MR) is 147 cm³/mol. The Kier molecular flexibility index (Phi) is 7.99. The van der Waals surface area contributed by atoms with Gasteiger partial charge in [0.25, 0.3) is 0 Å². The molecule has 5 nitrogen and oxygen atoms in total. The van der Waals surface area contributed by atoms with Crippen molar-refractivity contribution < 1.29 is 4.74 Å². The van der Waals surface area contributed by atoms with Crippen molar-refractivity contribution in [3.8, 4) is 17.0 Å². The summed E-state index contributed by atoms with van der Waals surface area (Å²) in [5, 5.41) is 1.03. The number of ether oxygens (including phenoxy) is 1. The van der Waals surface area contributed by atoms with Crippen LogP contribution in [0, 0.1) is 5.41 Å². The summed E-state index contributed by atoms with van der Waals surface area (Å²) in [5.74, 6) is 2.14. The molecule has 0 unspecified atom stereocenters. The molecule has 0 saturated carbocycles. The lowest BCUT2D eigenvalue weighted by Crippen LogP contribution is -2.47. The lowest BCUT2D eigenvalue weighted by atomic mass is 9.71. The normalized spacial score (nSPS) is 18.1. The molecule has 2 saturated heterocycles. The Bertz CT molecular complexity index is 1050. The van der Waals surface area contributed by atoms with Crippen molar-refractivity contribution in [2.75, 3.05) is 50.0 Å². The van der Waals surface area contributed by atoms with Crippen LogP contribution < -0.4 is 9.64 Å². The Morgan fingerprint density at radius 2 is 1.66 bits per heavy atom. The van der Waals surface area contributed by atoms with Gasteiger partial charge in [0.15, 0.2) is 5.16 Å². The van der Waals surface area contributed by atoms with E-state index in [0.29, 0.717) is 5.41 Å². The number of hydrogen-bond acceptors (Lipinski definition) is 5. The van der Waals surface area contributed by atoms with E-state index >= 15 is 0 Å². The zero-order valence-corrected chi connectivity index (χ0v) is 21.7. The minimum atomic E-state index is 0.546. The number of aromatic amines is 1. The standard InChI is InChI=1S/C29H38N4OS/c1-2-34-27-12-7-6-11-26(27)33-20-15-29(16-21-33)13-18-32(19-14-29)17-8-22-35-28-30-23-25(31-28)24-9-4-3-5-10-24/h3-7,9-12,23H,2,8,13-22H2,1H3,(H,30,31). The lowest BCUT2D eigenvalue weighted by molar-refractivity contribution is 0.0801. The minimum absolute atomic E-state index is 0.546. The van der Waals surface area contributed by atoms with Gasteiger partial charge in [0.2, 0.25) is 0 Å². The molecule has 3 aromatic rings. The van der Waals surface area contributed by atoms with Crippen molar-refractivity contribution in [3.63, 3.8) is 0 Å². The van der Waals surface area contributed by atoms with Crippen LogP contribution in [0.5, 0.6) is 5.75 Å². The van der Waals surface area contributed by atoms with Gasteiger partial charge in [-0.3, -0.25) is 0 Å². The van der Waals surface area contributed by atoms with Gasteiger partial charge in [-0.05, 0) is 81.8 Å². The van der Waals surface area contributed by atoms with Crippen molar-refractivity contribution in [2.45, 2.75) is 44.2 Å². The molecule has 0 aliphatic carbocycles. The van der Waals surface area contributed by atoms with Crippen LogP contribution in [0.4, 0.5) is 5.69 Å². The smallest absolute Gasteiger partial charge is 0.165 e. The highest BCUT2D eigenvalue weighted by Gasteiger charge is 2.37. The molecular weight excluding hydrogens is 452 g/mol. The Hall–Kier alpha value is -2.44. The Morgan fingerprint density at radius 1 is 0.943 bits per heavy atom. The average molecular weight is 491 g/mol. The van der Waals surface area contributed by atoms with Crippen LogP contribution >= 0.6 is 11.8 Å². The van der Waals surface area contributed by atoms with Gasteiger partial charge in [-0.2, -0.15) is 0 Å². The van der Waals surface area contributed by atoms with Crippen molar-refractivity contribution in [1.29, 1.82) is 0 Å². The quantitative estimate of drug-likeness (QED) is 0.280. The van der Waals surface area contributed by atoms with Gasteiger partial charge in [-0.1, -0.05) is 54.2 Å². The number of para-hydroxylation sites is 2. The molecule has 2 aliphatic heterocycles. The highest BCUT2D eigenvalue weighted by atomic mass is 32.2. The molecule has 2 aliphatic rings. The van der Waals surface area contributed by atoms with Crippen molar-refractivity contribution in [3.05, 3.63) is 60.8 Å². The molecule has 186 valence electrons. The zero-order chi connectivity index (χ0) is 23.9. The molecule has 3 heterocycles. The van der Waals surface area contributed by atoms with E-state index in [1.54, 1.807) is 0 Å². The summed E-state index contributed by atoms with van der Waals surface area (Å²) in [4.78, 5) is 13.2. The Morgan fingerprint density at radius 3 is 2.43 bits per heavy atom. The number of likely N-dealkylation sites (tertiary alicyclic amines) is 1. The minimum Gasteiger partial charge on any atom is -0.492 e. The Labute approximate surface area is 214 Å². The topological polar surface area (TPSA) is 44.4 Å². The number of nitrogens with zero attached hydrogens (tertiary/aromatic N) is 3. The number of aromatic nitrogens is 2. The molecule has 1 N–H and O–H groups in total. The van der Waals surface area contributed by atoms with Gasteiger partial charge < -0.3 is 19.5 Å². The number of benzene rings is 2. The second-order valence-electron chi connectivity index (χ2n) is 9.90. The monoisotopic (exact) mass is 490 g/mol. The molecule has 0 bridgehead atoms. The number of hydrogen-bond donors (Lipinski definition) is 1. The molecular formula is C29H38N4OS. The van der Waals surface area contributed by atoms with Crippen LogP contribution in [0.1, 0.15) is 39.0 Å². The fourth-order valence-corrected chi connectivity index (χ4v) is 6.34. The van der Waals surface area contributed by atoms with E-state index in [-0.39, 0.29) is 0 Å². The SMILES string of the molecule is CCOc1ccccc1N1CCC2(CCN(CCCSc3ncc(-c4ccccc4)[nH]3)CC2)CC1.